The van der Waals surface area contributed by atoms with Crippen LogP contribution in [0.5, 0.6) is 0 Å². The van der Waals surface area contributed by atoms with Crippen LogP contribution in [0.25, 0.3) is 16.2 Å². The van der Waals surface area contributed by atoms with E-state index in [2.05, 4.69) is 15.3 Å². The summed E-state index contributed by atoms with van der Waals surface area (Å²) < 4.78 is 1.47. The summed E-state index contributed by atoms with van der Waals surface area (Å²) in [7, 11) is 0. The number of hydrogen-bond donors (Lipinski definition) is 1. The highest BCUT2D eigenvalue weighted by atomic mass is 32.1. The molecule has 0 aliphatic rings. The second-order valence-corrected chi connectivity index (χ2v) is 6.54. The van der Waals surface area contributed by atoms with E-state index in [9.17, 15) is 9.59 Å². The van der Waals surface area contributed by atoms with Crippen LogP contribution in [0.15, 0.2) is 65.0 Å². The van der Waals surface area contributed by atoms with Crippen molar-refractivity contribution in [3.8, 4) is 11.3 Å². The zero-order chi connectivity index (χ0) is 18.1. The number of nitrogens with one attached hydrogen (secondary N) is 1. The molecule has 0 unspecified atom stereocenters. The van der Waals surface area contributed by atoms with E-state index < -0.39 is 11.5 Å². The van der Waals surface area contributed by atoms with E-state index in [0.717, 1.165) is 11.1 Å². The molecule has 128 valence electrons. The molecule has 0 saturated heterocycles. The molecule has 0 saturated carbocycles. The minimum atomic E-state index is -0.524. The van der Waals surface area contributed by atoms with Crippen LogP contribution in [0, 0.1) is 6.92 Å². The van der Waals surface area contributed by atoms with Crippen LogP contribution in [0.3, 0.4) is 0 Å². The molecule has 0 aliphatic heterocycles. The van der Waals surface area contributed by atoms with Gasteiger partial charge in [0.05, 0.1) is 5.69 Å². The first-order chi connectivity index (χ1) is 12.6. The Hall–Kier alpha value is -3.32. The number of hydrogen-bond acceptors (Lipinski definition) is 5. The number of carbonyl (C=O) groups is 1. The SMILES string of the molecule is Cc1cccnc1NC(=O)c1cnc2scc(-c3ccccc3)n2c1=O. The highest BCUT2D eigenvalue weighted by molar-refractivity contribution is 7.15. The van der Waals surface area contributed by atoms with E-state index in [0.29, 0.717) is 16.5 Å². The van der Waals surface area contributed by atoms with Crippen LogP contribution in [0.1, 0.15) is 15.9 Å². The fourth-order valence-corrected chi connectivity index (χ4v) is 3.51. The number of thiazole rings is 1. The van der Waals surface area contributed by atoms with Crippen molar-refractivity contribution in [3.05, 3.63) is 81.7 Å². The normalized spacial score (nSPS) is 10.8. The third-order valence-electron chi connectivity index (χ3n) is 4.00. The standard InChI is InChI=1S/C19H14N4O2S/c1-12-6-5-9-20-16(12)22-17(24)14-10-21-19-23(18(14)25)15(11-26-19)13-7-3-2-4-8-13/h2-11H,1H3,(H,20,22,24). The quantitative estimate of drug-likeness (QED) is 0.606. The van der Waals surface area contributed by atoms with Gasteiger partial charge in [0.2, 0.25) is 0 Å². The molecular formula is C19H14N4O2S. The number of aromatic nitrogens is 3. The first-order valence-electron chi connectivity index (χ1n) is 7.93. The van der Waals surface area contributed by atoms with Gasteiger partial charge in [0, 0.05) is 17.8 Å². The summed E-state index contributed by atoms with van der Waals surface area (Å²) >= 11 is 1.36. The number of pyridine rings is 1. The number of rotatable bonds is 3. The maximum absolute atomic E-state index is 12.9. The number of amides is 1. The molecule has 1 amide bonds. The smallest absolute Gasteiger partial charge is 0.271 e. The molecular weight excluding hydrogens is 348 g/mol. The number of aryl methyl sites for hydroxylation is 1. The lowest BCUT2D eigenvalue weighted by Gasteiger charge is -2.07. The monoisotopic (exact) mass is 362 g/mol. The van der Waals surface area contributed by atoms with Gasteiger partial charge in [-0.1, -0.05) is 36.4 Å². The zero-order valence-corrected chi connectivity index (χ0v) is 14.7. The van der Waals surface area contributed by atoms with Gasteiger partial charge in [0.15, 0.2) is 4.96 Å². The second-order valence-electron chi connectivity index (χ2n) is 5.71. The molecule has 0 aliphatic carbocycles. The van der Waals surface area contributed by atoms with Crippen molar-refractivity contribution < 1.29 is 4.79 Å². The average molecular weight is 362 g/mol. The van der Waals surface area contributed by atoms with Crippen LogP contribution in [-0.4, -0.2) is 20.3 Å². The predicted molar refractivity (Wildman–Crippen MR) is 102 cm³/mol. The highest BCUT2D eigenvalue weighted by Gasteiger charge is 2.18. The van der Waals surface area contributed by atoms with Gasteiger partial charge in [-0.3, -0.25) is 14.0 Å². The minimum Gasteiger partial charge on any atom is -0.306 e. The van der Waals surface area contributed by atoms with Crippen LogP contribution in [-0.2, 0) is 0 Å². The van der Waals surface area contributed by atoms with Gasteiger partial charge in [0.1, 0.15) is 11.4 Å². The third kappa shape index (κ3) is 2.78. The summed E-state index contributed by atoms with van der Waals surface area (Å²) in [4.78, 5) is 34.5. The Labute approximate surface area is 152 Å². The maximum Gasteiger partial charge on any atom is 0.271 e. The molecule has 1 N–H and O–H groups in total. The molecule has 0 fully saturated rings. The van der Waals surface area contributed by atoms with Crippen molar-refractivity contribution in [3.63, 3.8) is 0 Å². The Bertz CT molecular complexity index is 1170. The van der Waals surface area contributed by atoms with Crippen molar-refractivity contribution in [2.75, 3.05) is 5.32 Å². The summed E-state index contributed by atoms with van der Waals surface area (Å²) in [6.45, 7) is 1.84. The van der Waals surface area contributed by atoms with E-state index >= 15 is 0 Å². The Balaban J connectivity index is 1.80. The molecule has 1 aromatic carbocycles. The van der Waals surface area contributed by atoms with Gasteiger partial charge >= 0.3 is 0 Å². The van der Waals surface area contributed by atoms with Gasteiger partial charge in [-0.15, -0.1) is 11.3 Å². The summed E-state index contributed by atoms with van der Waals surface area (Å²) in [5, 5.41) is 4.55. The number of carbonyl (C=O) groups excluding carboxylic acids is 1. The summed E-state index contributed by atoms with van der Waals surface area (Å²) in [6.07, 6.45) is 2.90. The Morgan fingerprint density at radius 3 is 2.69 bits per heavy atom. The number of anilines is 1. The van der Waals surface area contributed by atoms with Crippen LogP contribution < -0.4 is 10.9 Å². The second kappa shape index (κ2) is 6.53. The Kier molecular flexibility index (Phi) is 4.06. The third-order valence-corrected chi connectivity index (χ3v) is 4.84. The topological polar surface area (TPSA) is 76.4 Å². The van der Waals surface area contributed by atoms with Crippen molar-refractivity contribution in [1.82, 2.24) is 14.4 Å². The lowest BCUT2D eigenvalue weighted by atomic mass is 10.2. The van der Waals surface area contributed by atoms with Crippen molar-refractivity contribution in [1.29, 1.82) is 0 Å². The van der Waals surface area contributed by atoms with Crippen LogP contribution in [0.2, 0.25) is 0 Å². The van der Waals surface area contributed by atoms with Gasteiger partial charge in [0.25, 0.3) is 11.5 Å². The van der Waals surface area contributed by atoms with Crippen molar-refractivity contribution in [2.45, 2.75) is 6.92 Å². The van der Waals surface area contributed by atoms with E-state index in [1.165, 1.54) is 21.9 Å². The first kappa shape index (κ1) is 16.2. The Morgan fingerprint density at radius 2 is 1.92 bits per heavy atom. The fraction of sp³-hybridized carbons (Fsp3) is 0.0526. The maximum atomic E-state index is 12.9. The van der Waals surface area contributed by atoms with E-state index in [1.54, 1.807) is 12.3 Å². The van der Waals surface area contributed by atoms with E-state index in [1.807, 2.05) is 48.7 Å². The highest BCUT2D eigenvalue weighted by Crippen LogP contribution is 2.23. The summed E-state index contributed by atoms with van der Waals surface area (Å²) in [5.41, 5.74) is 1.99. The molecule has 3 heterocycles. The fourth-order valence-electron chi connectivity index (χ4n) is 2.65. The molecule has 0 spiro atoms. The van der Waals surface area contributed by atoms with Crippen LogP contribution >= 0.6 is 11.3 Å². The molecule has 7 heteroatoms. The molecule has 0 atom stereocenters. The molecule has 0 radical (unpaired) electrons. The van der Waals surface area contributed by atoms with Crippen molar-refractivity contribution in [2.24, 2.45) is 0 Å². The molecule has 26 heavy (non-hydrogen) atoms. The minimum absolute atomic E-state index is 0.0249. The Morgan fingerprint density at radius 1 is 1.12 bits per heavy atom. The molecule has 0 bridgehead atoms. The lowest BCUT2D eigenvalue weighted by molar-refractivity contribution is 0.102. The lowest BCUT2D eigenvalue weighted by Crippen LogP contribution is -2.27. The largest absolute Gasteiger partial charge is 0.306 e. The number of benzene rings is 1. The predicted octanol–water partition coefficient (Wildman–Crippen LogP) is 3.38. The molecule has 3 aromatic heterocycles. The number of nitrogens with zero attached hydrogens (tertiary/aromatic N) is 3. The van der Waals surface area contributed by atoms with E-state index in [-0.39, 0.29) is 5.56 Å². The van der Waals surface area contributed by atoms with Gasteiger partial charge in [-0.2, -0.15) is 0 Å². The van der Waals surface area contributed by atoms with E-state index in [4.69, 9.17) is 0 Å². The van der Waals surface area contributed by atoms with Gasteiger partial charge < -0.3 is 5.32 Å². The van der Waals surface area contributed by atoms with Crippen LogP contribution in [0.4, 0.5) is 5.82 Å². The molecule has 4 rings (SSSR count). The summed E-state index contributed by atoms with van der Waals surface area (Å²) in [6, 6.07) is 13.2. The summed E-state index contributed by atoms with van der Waals surface area (Å²) in [5.74, 6) is -0.0977. The zero-order valence-electron chi connectivity index (χ0n) is 13.8. The van der Waals surface area contributed by atoms with Gasteiger partial charge in [-0.25, -0.2) is 9.97 Å². The first-order valence-corrected chi connectivity index (χ1v) is 8.81. The molecule has 4 aromatic rings. The van der Waals surface area contributed by atoms with Gasteiger partial charge in [-0.05, 0) is 24.1 Å². The molecule has 6 nitrogen and oxygen atoms in total. The number of fused-ring (bicyclic) bond motifs is 1. The average Bonchev–Trinajstić information content (AvgIpc) is 3.09. The van der Waals surface area contributed by atoms with Crippen molar-refractivity contribution >= 4 is 28.0 Å².